The molecule has 0 amide bonds. The fraction of sp³-hybridized carbons (Fsp3) is 0.571. The van der Waals surface area contributed by atoms with E-state index in [1.807, 2.05) is 12.1 Å². The van der Waals surface area contributed by atoms with E-state index >= 15 is 0 Å². The molecule has 0 aliphatic carbocycles. The minimum absolute atomic E-state index is 0.574. The zero-order chi connectivity index (χ0) is 12.1. The maximum absolute atomic E-state index is 5.90. The van der Waals surface area contributed by atoms with Gasteiger partial charge in [0.25, 0.3) is 0 Å². The summed E-state index contributed by atoms with van der Waals surface area (Å²) in [6, 6.07) is 8.73. The van der Waals surface area contributed by atoms with Crippen molar-refractivity contribution in [1.82, 2.24) is 5.32 Å². The molecule has 94 valence electrons. The molecule has 1 fully saturated rings. The van der Waals surface area contributed by atoms with E-state index in [1.54, 1.807) is 0 Å². The maximum Gasteiger partial charge on any atom is 0.0512 e. The average molecular weight is 254 g/mol. The molecule has 0 spiro atoms. The number of rotatable bonds is 4. The first-order chi connectivity index (χ1) is 8.29. The number of nitrogens with one attached hydrogen (secondary N) is 1. The first-order valence-corrected chi connectivity index (χ1v) is 6.73. The Balaban J connectivity index is 1.97. The SMILES string of the molecule is CCN[C@@H]1CCOC[C@@H]1Cc1ccc(Cl)cc1. The van der Waals surface area contributed by atoms with Crippen LogP contribution in [0.3, 0.4) is 0 Å². The monoisotopic (exact) mass is 253 g/mol. The van der Waals surface area contributed by atoms with Crippen molar-refractivity contribution in [3.05, 3.63) is 34.9 Å². The largest absolute Gasteiger partial charge is 0.381 e. The van der Waals surface area contributed by atoms with Gasteiger partial charge in [-0.05, 0) is 37.1 Å². The molecule has 1 aliphatic heterocycles. The summed E-state index contributed by atoms with van der Waals surface area (Å²) in [5.74, 6) is 0.574. The second-order valence-corrected chi connectivity index (χ2v) is 5.05. The normalized spacial score (nSPS) is 24.8. The minimum atomic E-state index is 0.574. The van der Waals surface area contributed by atoms with Gasteiger partial charge in [-0.3, -0.25) is 0 Å². The van der Waals surface area contributed by atoms with Gasteiger partial charge in [0.2, 0.25) is 0 Å². The smallest absolute Gasteiger partial charge is 0.0512 e. The highest BCUT2D eigenvalue weighted by atomic mass is 35.5. The minimum Gasteiger partial charge on any atom is -0.381 e. The fourth-order valence-electron chi connectivity index (χ4n) is 2.45. The van der Waals surface area contributed by atoms with E-state index in [0.717, 1.165) is 37.6 Å². The molecule has 1 aliphatic rings. The van der Waals surface area contributed by atoms with Gasteiger partial charge in [-0.2, -0.15) is 0 Å². The van der Waals surface area contributed by atoms with Gasteiger partial charge in [0.15, 0.2) is 0 Å². The molecule has 2 rings (SSSR count). The van der Waals surface area contributed by atoms with Crippen molar-refractivity contribution in [2.45, 2.75) is 25.8 Å². The van der Waals surface area contributed by atoms with E-state index in [2.05, 4.69) is 24.4 Å². The van der Waals surface area contributed by atoms with Crippen molar-refractivity contribution >= 4 is 11.6 Å². The number of ether oxygens (including phenoxy) is 1. The second-order valence-electron chi connectivity index (χ2n) is 4.62. The number of halogens is 1. The highest BCUT2D eigenvalue weighted by Gasteiger charge is 2.24. The third kappa shape index (κ3) is 3.70. The van der Waals surface area contributed by atoms with E-state index < -0.39 is 0 Å². The van der Waals surface area contributed by atoms with Crippen LogP contribution < -0.4 is 5.32 Å². The van der Waals surface area contributed by atoms with E-state index in [9.17, 15) is 0 Å². The highest BCUT2D eigenvalue weighted by Crippen LogP contribution is 2.20. The van der Waals surface area contributed by atoms with E-state index in [-0.39, 0.29) is 0 Å². The molecule has 1 aromatic rings. The van der Waals surface area contributed by atoms with Crippen molar-refractivity contribution in [1.29, 1.82) is 0 Å². The molecule has 0 radical (unpaired) electrons. The van der Waals surface area contributed by atoms with Gasteiger partial charge < -0.3 is 10.1 Å². The number of hydrogen-bond donors (Lipinski definition) is 1. The summed E-state index contributed by atoms with van der Waals surface area (Å²) in [6.45, 7) is 4.94. The van der Waals surface area contributed by atoms with Crippen LogP contribution in [0.1, 0.15) is 18.9 Å². The summed E-state index contributed by atoms with van der Waals surface area (Å²) in [6.07, 6.45) is 2.18. The Morgan fingerprint density at radius 3 is 2.82 bits per heavy atom. The molecule has 2 atom stereocenters. The molecule has 2 nitrogen and oxygen atoms in total. The Labute approximate surface area is 108 Å². The topological polar surface area (TPSA) is 21.3 Å². The third-order valence-electron chi connectivity index (χ3n) is 3.35. The average Bonchev–Trinajstić information content (AvgIpc) is 2.35. The molecule has 1 aromatic carbocycles. The molecule has 17 heavy (non-hydrogen) atoms. The molecule has 0 bridgehead atoms. The lowest BCUT2D eigenvalue weighted by atomic mass is 9.89. The number of hydrogen-bond acceptors (Lipinski definition) is 2. The van der Waals surface area contributed by atoms with Crippen LogP contribution in [0.25, 0.3) is 0 Å². The van der Waals surface area contributed by atoms with Crippen molar-refractivity contribution in [3.63, 3.8) is 0 Å². The van der Waals surface area contributed by atoms with Crippen molar-refractivity contribution in [2.75, 3.05) is 19.8 Å². The Kier molecular flexibility index (Phi) is 4.84. The van der Waals surface area contributed by atoms with Crippen LogP contribution in [0.5, 0.6) is 0 Å². The number of benzene rings is 1. The van der Waals surface area contributed by atoms with Gasteiger partial charge in [0.1, 0.15) is 0 Å². The zero-order valence-electron chi connectivity index (χ0n) is 10.3. The van der Waals surface area contributed by atoms with Crippen LogP contribution in [0.4, 0.5) is 0 Å². The van der Waals surface area contributed by atoms with Gasteiger partial charge in [0.05, 0.1) is 6.61 Å². The Hall–Kier alpha value is -0.570. The molecule has 1 saturated heterocycles. The Morgan fingerprint density at radius 1 is 1.35 bits per heavy atom. The molecule has 1 N–H and O–H groups in total. The van der Waals surface area contributed by atoms with Crippen molar-refractivity contribution in [3.8, 4) is 0 Å². The lowest BCUT2D eigenvalue weighted by Crippen LogP contribution is -2.43. The Bertz CT molecular complexity index is 337. The van der Waals surface area contributed by atoms with Crippen molar-refractivity contribution in [2.24, 2.45) is 5.92 Å². The predicted octanol–water partition coefficient (Wildman–Crippen LogP) is 2.90. The van der Waals surface area contributed by atoms with Crippen molar-refractivity contribution < 1.29 is 4.74 Å². The summed E-state index contributed by atoms with van der Waals surface area (Å²) >= 11 is 5.90. The standard InChI is InChI=1S/C14H20ClNO/c1-2-16-14-7-8-17-10-12(14)9-11-3-5-13(15)6-4-11/h3-6,12,14,16H,2,7-10H2,1H3/t12-,14+/m0/s1. The van der Waals surface area contributed by atoms with E-state index in [1.165, 1.54) is 5.56 Å². The molecule has 3 heteroatoms. The summed E-state index contributed by atoms with van der Waals surface area (Å²) in [5, 5.41) is 4.36. The Morgan fingerprint density at radius 2 is 2.12 bits per heavy atom. The van der Waals surface area contributed by atoms with Gasteiger partial charge in [-0.25, -0.2) is 0 Å². The van der Waals surface area contributed by atoms with E-state index in [0.29, 0.717) is 12.0 Å². The molecular formula is C14H20ClNO. The molecule has 0 saturated carbocycles. The van der Waals surface area contributed by atoms with Crippen LogP contribution in [0.2, 0.25) is 5.02 Å². The fourth-order valence-corrected chi connectivity index (χ4v) is 2.58. The van der Waals surface area contributed by atoms with Gasteiger partial charge >= 0.3 is 0 Å². The molecule has 0 unspecified atom stereocenters. The lowest BCUT2D eigenvalue weighted by Gasteiger charge is -2.32. The summed E-state index contributed by atoms with van der Waals surface area (Å²) in [5.41, 5.74) is 1.34. The first kappa shape index (κ1) is 12.9. The lowest BCUT2D eigenvalue weighted by molar-refractivity contribution is 0.0327. The highest BCUT2D eigenvalue weighted by molar-refractivity contribution is 6.30. The van der Waals surface area contributed by atoms with Crippen LogP contribution in [0, 0.1) is 5.92 Å². The quantitative estimate of drug-likeness (QED) is 0.891. The van der Waals surface area contributed by atoms with Crippen LogP contribution >= 0.6 is 11.6 Å². The second kappa shape index (κ2) is 6.39. The summed E-state index contributed by atoms with van der Waals surface area (Å²) < 4.78 is 5.59. The predicted molar refractivity (Wildman–Crippen MR) is 71.5 cm³/mol. The van der Waals surface area contributed by atoms with E-state index in [4.69, 9.17) is 16.3 Å². The van der Waals surface area contributed by atoms with Gasteiger partial charge in [-0.15, -0.1) is 0 Å². The zero-order valence-corrected chi connectivity index (χ0v) is 11.0. The van der Waals surface area contributed by atoms with Crippen LogP contribution in [-0.4, -0.2) is 25.8 Å². The first-order valence-electron chi connectivity index (χ1n) is 6.35. The maximum atomic E-state index is 5.90. The molecular weight excluding hydrogens is 234 g/mol. The summed E-state index contributed by atoms with van der Waals surface area (Å²) in [4.78, 5) is 0. The van der Waals surface area contributed by atoms with Crippen LogP contribution in [-0.2, 0) is 11.2 Å². The van der Waals surface area contributed by atoms with Gasteiger partial charge in [-0.1, -0.05) is 30.7 Å². The summed E-state index contributed by atoms with van der Waals surface area (Å²) in [7, 11) is 0. The third-order valence-corrected chi connectivity index (χ3v) is 3.60. The van der Waals surface area contributed by atoms with Gasteiger partial charge in [0, 0.05) is 23.6 Å². The van der Waals surface area contributed by atoms with Crippen LogP contribution in [0.15, 0.2) is 24.3 Å². The molecule has 0 aromatic heterocycles. The molecule has 1 heterocycles.